The van der Waals surface area contributed by atoms with Crippen LogP contribution >= 0.6 is 0 Å². The van der Waals surface area contributed by atoms with Crippen LogP contribution in [0.5, 0.6) is 0 Å². The summed E-state index contributed by atoms with van der Waals surface area (Å²) in [4.78, 5) is 6.59. The summed E-state index contributed by atoms with van der Waals surface area (Å²) >= 11 is 0. The molecule has 3 nitrogen and oxygen atoms in total. The summed E-state index contributed by atoms with van der Waals surface area (Å²) in [6.45, 7) is 4.82. The monoisotopic (exact) mass is 397 g/mol. The molecule has 1 aromatic heterocycles. The molecule has 3 aliphatic rings. The third kappa shape index (κ3) is 2.79. The number of benzene rings is 2. The molecule has 30 heavy (non-hydrogen) atoms. The van der Waals surface area contributed by atoms with Crippen molar-refractivity contribution in [3.63, 3.8) is 0 Å². The van der Waals surface area contributed by atoms with E-state index in [1.54, 1.807) is 5.56 Å². The van der Waals surface area contributed by atoms with Crippen LogP contribution in [0.4, 0.5) is 0 Å². The third-order valence-electron chi connectivity index (χ3n) is 8.15. The second-order valence-corrected chi connectivity index (χ2v) is 9.89. The van der Waals surface area contributed by atoms with E-state index in [9.17, 15) is 0 Å². The Labute approximate surface area is 179 Å². The minimum atomic E-state index is 0.105. The minimum Gasteiger partial charge on any atom is -0.357 e. The second-order valence-electron chi connectivity index (χ2n) is 9.89. The highest BCUT2D eigenvalue weighted by Gasteiger charge is 2.49. The highest BCUT2D eigenvalue weighted by molar-refractivity contribution is 5.85. The van der Waals surface area contributed by atoms with Crippen LogP contribution in [-0.2, 0) is 12.0 Å². The summed E-state index contributed by atoms with van der Waals surface area (Å²) in [7, 11) is 0. The number of aromatic nitrogens is 1. The van der Waals surface area contributed by atoms with Crippen LogP contribution in [0.2, 0.25) is 0 Å². The Morgan fingerprint density at radius 2 is 1.87 bits per heavy atom. The highest BCUT2D eigenvalue weighted by atomic mass is 15.2. The lowest BCUT2D eigenvalue weighted by Gasteiger charge is -2.55. The Hall–Kier alpha value is -2.36. The first kappa shape index (κ1) is 18.4. The molecule has 154 valence electrons. The number of rotatable bonds is 1. The van der Waals surface area contributed by atoms with Crippen molar-refractivity contribution in [1.82, 2.24) is 9.88 Å². The number of fused-ring (bicyclic) bond motifs is 6. The predicted octanol–water partition coefficient (Wildman–Crippen LogP) is 5.08. The Bertz CT molecular complexity index is 1110. The van der Waals surface area contributed by atoms with Gasteiger partial charge in [-0.05, 0) is 61.6 Å². The van der Waals surface area contributed by atoms with Crippen molar-refractivity contribution < 1.29 is 0 Å². The molecular formula is C27H31N3. The van der Waals surface area contributed by atoms with Crippen molar-refractivity contribution in [3.8, 4) is 0 Å². The molecule has 1 saturated carbocycles. The molecule has 0 spiro atoms. The van der Waals surface area contributed by atoms with Crippen molar-refractivity contribution in [2.45, 2.75) is 44.2 Å². The van der Waals surface area contributed by atoms with Crippen LogP contribution in [0.3, 0.4) is 0 Å². The van der Waals surface area contributed by atoms with Crippen molar-refractivity contribution in [2.24, 2.45) is 17.6 Å². The molecule has 2 aromatic carbocycles. The molecule has 0 bridgehead atoms. The standard InChI is InChI=1S/C27H31N3/c1-27-16-20-15-24(28)19(13-18-7-3-2-4-8-18)14-21(20)17-30(27)12-11-23-22-9-5-6-10-25(22)29-26(23)27/h2-10,13,20-21,24,29H,11-12,14-17,28H2,1H3/t20?,21?,24?,27-/m0/s1. The summed E-state index contributed by atoms with van der Waals surface area (Å²) in [5.74, 6) is 1.42. The van der Waals surface area contributed by atoms with Crippen LogP contribution in [0.25, 0.3) is 17.0 Å². The molecule has 3 heteroatoms. The molecule has 2 fully saturated rings. The zero-order valence-corrected chi connectivity index (χ0v) is 17.8. The van der Waals surface area contributed by atoms with Gasteiger partial charge in [0.05, 0.1) is 5.54 Å². The lowest BCUT2D eigenvalue weighted by Crippen LogP contribution is -2.58. The van der Waals surface area contributed by atoms with E-state index < -0.39 is 0 Å². The number of H-pyrrole nitrogens is 1. The lowest BCUT2D eigenvalue weighted by molar-refractivity contribution is -0.0264. The Morgan fingerprint density at radius 1 is 1.07 bits per heavy atom. The fourth-order valence-electron chi connectivity index (χ4n) is 6.57. The molecule has 1 saturated heterocycles. The zero-order chi connectivity index (χ0) is 20.3. The molecule has 6 rings (SSSR count). The van der Waals surface area contributed by atoms with Crippen LogP contribution < -0.4 is 5.73 Å². The second kappa shape index (κ2) is 6.83. The van der Waals surface area contributed by atoms with E-state index in [0.717, 1.165) is 25.2 Å². The first-order chi connectivity index (χ1) is 14.6. The SMILES string of the molecule is C[C@@]12CC3CC(N)C(=Cc4ccccc4)CC3CN1CCc1c2[nH]c2ccccc12. The molecule has 0 amide bonds. The fraction of sp³-hybridized carbons (Fsp3) is 0.407. The maximum atomic E-state index is 6.71. The smallest absolute Gasteiger partial charge is 0.0589 e. The number of nitrogens with two attached hydrogens (primary N) is 1. The van der Waals surface area contributed by atoms with Gasteiger partial charge in [0.2, 0.25) is 0 Å². The third-order valence-corrected chi connectivity index (χ3v) is 8.15. The zero-order valence-electron chi connectivity index (χ0n) is 17.8. The quantitative estimate of drug-likeness (QED) is 0.601. The first-order valence-corrected chi connectivity index (χ1v) is 11.5. The van der Waals surface area contributed by atoms with E-state index in [2.05, 4.69) is 77.5 Å². The Kier molecular flexibility index (Phi) is 4.19. The average Bonchev–Trinajstić information content (AvgIpc) is 3.14. The van der Waals surface area contributed by atoms with Crippen molar-refractivity contribution in [1.29, 1.82) is 0 Å². The predicted molar refractivity (Wildman–Crippen MR) is 124 cm³/mol. The molecule has 3 aromatic rings. The summed E-state index contributed by atoms with van der Waals surface area (Å²) in [5.41, 5.74) is 13.8. The van der Waals surface area contributed by atoms with E-state index in [0.29, 0.717) is 5.92 Å². The number of hydrogen-bond donors (Lipinski definition) is 2. The summed E-state index contributed by atoms with van der Waals surface area (Å²) in [6, 6.07) is 19.7. The summed E-state index contributed by atoms with van der Waals surface area (Å²) < 4.78 is 0. The van der Waals surface area contributed by atoms with Gasteiger partial charge in [-0.1, -0.05) is 60.2 Å². The van der Waals surface area contributed by atoms with Crippen molar-refractivity contribution >= 4 is 17.0 Å². The molecule has 3 N–H and O–H groups in total. The summed E-state index contributed by atoms with van der Waals surface area (Å²) in [5, 5.41) is 1.42. The van der Waals surface area contributed by atoms with Gasteiger partial charge >= 0.3 is 0 Å². The van der Waals surface area contributed by atoms with Gasteiger partial charge < -0.3 is 10.7 Å². The van der Waals surface area contributed by atoms with Gasteiger partial charge in [-0.15, -0.1) is 0 Å². The van der Waals surface area contributed by atoms with Gasteiger partial charge in [-0.2, -0.15) is 0 Å². The maximum Gasteiger partial charge on any atom is 0.0589 e. The van der Waals surface area contributed by atoms with E-state index in [1.807, 2.05) is 0 Å². The normalized spacial score (nSPS) is 32.6. The van der Waals surface area contributed by atoms with Gasteiger partial charge in [-0.3, -0.25) is 4.90 Å². The van der Waals surface area contributed by atoms with E-state index in [4.69, 9.17) is 5.73 Å². The maximum absolute atomic E-state index is 6.71. The van der Waals surface area contributed by atoms with Crippen molar-refractivity contribution in [2.75, 3.05) is 13.1 Å². The summed E-state index contributed by atoms with van der Waals surface area (Å²) in [6.07, 6.45) is 6.97. The number of hydrogen-bond acceptors (Lipinski definition) is 2. The lowest BCUT2D eigenvalue weighted by atomic mass is 9.64. The number of para-hydroxylation sites is 1. The average molecular weight is 398 g/mol. The van der Waals surface area contributed by atoms with Gasteiger partial charge in [0.25, 0.3) is 0 Å². The first-order valence-electron chi connectivity index (χ1n) is 11.5. The molecule has 1 aliphatic carbocycles. The highest BCUT2D eigenvalue weighted by Crippen LogP contribution is 2.51. The van der Waals surface area contributed by atoms with Gasteiger partial charge in [0, 0.05) is 35.7 Å². The molecule has 3 unspecified atom stereocenters. The van der Waals surface area contributed by atoms with E-state index >= 15 is 0 Å². The molecular weight excluding hydrogens is 366 g/mol. The number of nitrogens with one attached hydrogen (secondary N) is 1. The van der Waals surface area contributed by atoms with Crippen molar-refractivity contribution in [3.05, 3.63) is 77.0 Å². The Morgan fingerprint density at radius 3 is 2.73 bits per heavy atom. The van der Waals surface area contributed by atoms with Gasteiger partial charge in [0.1, 0.15) is 0 Å². The largest absolute Gasteiger partial charge is 0.357 e. The minimum absolute atomic E-state index is 0.105. The van der Waals surface area contributed by atoms with Crippen LogP contribution in [0.1, 0.15) is 43.0 Å². The topological polar surface area (TPSA) is 45.0 Å². The van der Waals surface area contributed by atoms with Crippen LogP contribution in [-0.4, -0.2) is 29.0 Å². The van der Waals surface area contributed by atoms with Gasteiger partial charge in [0.15, 0.2) is 0 Å². The van der Waals surface area contributed by atoms with E-state index in [-0.39, 0.29) is 11.6 Å². The number of nitrogens with zero attached hydrogens (tertiary/aromatic N) is 1. The van der Waals surface area contributed by atoms with Crippen LogP contribution in [0.15, 0.2) is 60.2 Å². The van der Waals surface area contributed by atoms with Gasteiger partial charge in [-0.25, -0.2) is 0 Å². The molecule has 3 heterocycles. The fourth-order valence-corrected chi connectivity index (χ4v) is 6.57. The number of piperidine rings is 1. The number of aromatic amines is 1. The molecule has 0 radical (unpaired) electrons. The molecule has 2 aliphatic heterocycles. The molecule has 4 atom stereocenters. The van der Waals surface area contributed by atoms with E-state index in [1.165, 1.54) is 47.2 Å². The van der Waals surface area contributed by atoms with Crippen LogP contribution in [0, 0.1) is 11.8 Å². The Balaban J connectivity index is 1.32.